The van der Waals surface area contributed by atoms with Gasteiger partial charge in [-0.2, -0.15) is 0 Å². The Labute approximate surface area is 477 Å². The van der Waals surface area contributed by atoms with Gasteiger partial charge in [-0.05, 0) is 114 Å². The second-order valence-electron chi connectivity index (χ2n) is 24.4. The molecule has 0 saturated carbocycles. The van der Waals surface area contributed by atoms with E-state index in [0.717, 1.165) is 32.7 Å². The molecule has 462 valence electrons. The topological polar surface area (TPSA) is 296 Å². The second kappa shape index (κ2) is 28.6. The van der Waals surface area contributed by atoms with Crippen LogP contribution in [0.15, 0.2) is 0 Å². The maximum absolute atomic E-state index is 16.8. The van der Waals surface area contributed by atoms with Gasteiger partial charge in [-0.15, -0.1) is 23.4 Å². The Morgan fingerprint density at radius 3 is 2.08 bits per heavy atom. The summed E-state index contributed by atoms with van der Waals surface area (Å²) >= 11 is 7.55. The molecule has 0 spiro atoms. The summed E-state index contributed by atoms with van der Waals surface area (Å²) in [5.74, 6) is -5.26. The van der Waals surface area contributed by atoms with Gasteiger partial charge in [-0.1, -0.05) is 34.1 Å². The second-order valence-corrected chi connectivity index (χ2v) is 26.1. The Hall–Kier alpha value is -1.46. The number of thioether (sulfide) groups is 1. The summed E-state index contributed by atoms with van der Waals surface area (Å²) in [5, 5.41) is 90.4. The van der Waals surface area contributed by atoms with Crippen LogP contribution in [0.4, 0.5) is 4.39 Å². The van der Waals surface area contributed by atoms with Crippen molar-refractivity contribution >= 4 is 41.0 Å². The van der Waals surface area contributed by atoms with Crippen molar-refractivity contribution in [1.29, 1.82) is 0 Å². The number of carbonyl (C=O) groups excluding carboxylic acids is 3. The normalized spacial score (nSPS) is 46.9. The number of amides is 1. The molecule has 27 atom stereocenters. The Bertz CT molecular complexity index is 1960. The number of alkyl halides is 2. The molecule has 5 aliphatic heterocycles. The molecule has 0 bridgehead atoms. The highest BCUT2D eigenvalue weighted by Gasteiger charge is 2.57. The number of aliphatic hydroxyl groups is 8. The molecule has 79 heavy (non-hydrogen) atoms. The molecule has 0 unspecified atom stereocenters. The minimum atomic E-state index is -2.77. The number of Topliss-reactive ketones (excluding diaryl/α,β-unsaturated/α-hetero) is 1. The number of methoxy groups -OCH3 is 1. The van der Waals surface area contributed by atoms with Gasteiger partial charge in [0.2, 0.25) is 5.91 Å². The molecular formula is C55H99ClFN3O18S. The Balaban J connectivity index is 0.000000416. The molecule has 0 aromatic carbocycles. The van der Waals surface area contributed by atoms with Crippen LogP contribution in [0.2, 0.25) is 0 Å². The standard InChI is InChI=1S/C37H66FNO13.C18H33ClN2O5S/c1-14-24-37(10,46)29(42)21(5)28(41)34(7,38)17-35(8,45)31(52-33-26(40)23(39(11)12)15-18(2)48-33)19(3)27(20(4)32(44)50-24)51-25-16-36(9,47-13)30(43)22(6)49-25;1-5-6-10-7-11(21(3)8-10)17(25)20-12(9(2)19)16-14(23)13(22)15(24)18(26-16)27-4/h18-27,29-31,33,40,42-43,45-46H,14-17H2,1-13H3;9-16,18,22-24H,5-8H2,1-4H3,(H,20,25)/t18-,19+,20-,21+,22+,23+,24-,25+,26-,27+,29-,30+,31-,33+,34+,35-,36-,37-;9-,10+,11-,12+,13-,14+,15+,16+,18+/m10/s1. The van der Waals surface area contributed by atoms with E-state index in [2.05, 4.69) is 12.2 Å². The number of carbonyl (C=O) groups is 3. The summed E-state index contributed by atoms with van der Waals surface area (Å²) in [4.78, 5) is 44.6. The van der Waals surface area contributed by atoms with Crippen LogP contribution in [0.5, 0.6) is 0 Å². The zero-order valence-corrected chi connectivity index (χ0v) is 51.2. The zero-order valence-electron chi connectivity index (χ0n) is 49.7. The predicted molar refractivity (Wildman–Crippen MR) is 293 cm³/mol. The quantitative estimate of drug-likeness (QED) is 0.0891. The Kier molecular flexibility index (Phi) is 25.4. The van der Waals surface area contributed by atoms with E-state index in [9.17, 15) is 55.2 Å². The lowest BCUT2D eigenvalue weighted by Gasteiger charge is -2.49. The number of esters is 1. The fraction of sp³-hybridized carbons (Fsp3) is 0.945. The number of nitrogens with zero attached hydrogens (tertiary/aromatic N) is 2. The number of halogens is 2. The van der Waals surface area contributed by atoms with E-state index >= 15 is 4.39 Å². The van der Waals surface area contributed by atoms with Crippen molar-refractivity contribution in [2.75, 3.05) is 41.1 Å². The van der Waals surface area contributed by atoms with Gasteiger partial charge in [0.1, 0.15) is 53.8 Å². The van der Waals surface area contributed by atoms with Gasteiger partial charge in [0.25, 0.3) is 0 Å². The molecule has 9 N–H and O–H groups in total. The van der Waals surface area contributed by atoms with E-state index in [1.54, 1.807) is 55.0 Å². The third-order valence-corrected chi connectivity index (χ3v) is 18.5. The third-order valence-electron chi connectivity index (χ3n) is 17.4. The van der Waals surface area contributed by atoms with Crippen molar-refractivity contribution < 1.29 is 92.8 Å². The van der Waals surface area contributed by atoms with E-state index in [4.69, 9.17) is 44.8 Å². The molecule has 24 heteroatoms. The van der Waals surface area contributed by atoms with Gasteiger partial charge in [-0.25, -0.2) is 4.39 Å². The van der Waals surface area contributed by atoms with Gasteiger partial charge in [-0.3, -0.25) is 19.3 Å². The van der Waals surface area contributed by atoms with Crippen LogP contribution in [0, 0.1) is 23.7 Å². The van der Waals surface area contributed by atoms with Gasteiger partial charge in [0, 0.05) is 44.4 Å². The molecule has 5 rings (SSSR count). The first-order valence-corrected chi connectivity index (χ1v) is 29.8. The van der Waals surface area contributed by atoms with Crippen LogP contribution in [-0.4, -0.2) is 247 Å². The molecule has 0 aliphatic carbocycles. The van der Waals surface area contributed by atoms with E-state index in [-0.39, 0.29) is 30.9 Å². The van der Waals surface area contributed by atoms with Crippen molar-refractivity contribution in [3.05, 3.63) is 0 Å². The minimum absolute atomic E-state index is 0.0296. The monoisotopic (exact) mass is 1180 g/mol. The van der Waals surface area contributed by atoms with Crippen molar-refractivity contribution in [3.63, 3.8) is 0 Å². The molecule has 21 nitrogen and oxygen atoms in total. The van der Waals surface area contributed by atoms with Crippen molar-refractivity contribution in [3.8, 4) is 0 Å². The molecule has 5 aliphatic rings. The highest BCUT2D eigenvalue weighted by Crippen LogP contribution is 2.43. The molecule has 5 fully saturated rings. The fourth-order valence-electron chi connectivity index (χ4n) is 12.6. The number of rotatable bonds is 14. The third kappa shape index (κ3) is 16.3. The maximum atomic E-state index is 16.8. The Morgan fingerprint density at radius 2 is 1.53 bits per heavy atom. The smallest absolute Gasteiger partial charge is 0.311 e. The summed E-state index contributed by atoms with van der Waals surface area (Å²) in [5.41, 5.74) is -8.96. The number of hydrogen-bond donors (Lipinski definition) is 9. The number of hydrogen-bond acceptors (Lipinski definition) is 21. The molecule has 0 aromatic rings. The van der Waals surface area contributed by atoms with Gasteiger partial charge in [0.05, 0.1) is 65.1 Å². The van der Waals surface area contributed by atoms with Crippen LogP contribution in [-0.2, 0) is 47.5 Å². The highest BCUT2D eigenvalue weighted by atomic mass is 35.5. The first-order chi connectivity index (χ1) is 36.5. The first-order valence-electron chi connectivity index (χ1n) is 28.1. The molecule has 1 amide bonds. The van der Waals surface area contributed by atoms with Crippen molar-refractivity contribution in [1.82, 2.24) is 15.1 Å². The van der Waals surface area contributed by atoms with E-state index in [1.165, 1.54) is 46.6 Å². The molecular weight excluding hydrogens is 1080 g/mol. The first kappa shape index (κ1) is 70.0. The molecule has 5 heterocycles. The van der Waals surface area contributed by atoms with E-state index < -0.39 is 161 Å². The number of likely N-dealkylation sites (N-methyl/N-ethyl adjacent to an activating group) is 2. The summed E-state index contributed by atoms with van der Waals surface area (Å²) in [7, 11) is 6.98. The maximum Gasteiger partial charge on any atom is 0.311 e. The van der Waals surface area contributed by atoms with E-state index in [0.29, 0.717) is 12.3 Å². The number of cyclic esters (lactones) is 1. The molecule has 5 saturated heterocycles. The number of ether oxygens (including phenoxy) is 7. The lowest BCUT2D eigenvalue weighted by atomic mass is 9.73. The van der Waals surface area contributed by atoms with Crippen molar-refractivity contribution in [2.24, 2.45) is 23.7 Å². The predicted octanol–water partition coefficient (Wildman–Crippen LogP) is 2.27. The average Bonchev–Trinajstić information content (AvgIpc) is 3.75. The van der Waals surface area contributed by atoms with Gasteiger partial charge >= 0.3 is 5.97 Å². The lowest BCUT2D eigenvalue weighted by Crippen LogP contribution is -2.65. The van der Waals surface area contributed by atoms with Gasteiger partial charge < -0.3 is 84.2 Å². The summed E-state index contributed by atoms with van der Waals surface area (Å²) in [6, 6.07) is -1.34. The van der Waals surface area contributed by atoms with Crippen LogP contribution >= 0.6 is 23.4 Å². The highest BCUT2D eigenvalue weighted by molar-refractivity contribution is 7.99. The molecule has 0 radical (unpaired) electrons. The number of nitrogens with one attached hydrogen (secondary N) is 1. The van der Waals surface area contributed by atoms with E-state index in [1.807, 2.05) is 23.8 Å². The van der Waals surface area contributed by atoms with Crippen molar-refractivity contribution in [2.45, 2.75) is 265 Å². The van der Waals surface area contributed by atoms with Crippen LogP contribution in [0.25, 0.3) is 0 Å². The minimum Gasteiger partial charge on any atom is -0.459 e. The number of likely N-dealkylation sites (tertiary alicyclic amines) is 1. The SMILES string of the molecule is CCC[C@@H]1C[C@@H](C(=O)N[C@@H]([C@H]2O[C@H](SC)[C@H](O)[C@@H](O)[C@H]2O)[C@H](C)Cl)N(C)C1.CC[C@H]1OC(=O)[C@H](C)[C@@H](O[C@H]2C[C@@](C)(OC)[C@@H](O)[C@H](C)O2)[C@H](C)[C@@H](O[C@@H]2O[C@H](C)C[C@H](N(C)C)[C@H]2O)[C@](C)(O)C[C@](C)(F)C(=O)[C@H](C)[C@@H](O)[C@]1(C)O. The van der Waals surface area contributed by atoms with Gasteiger partial charge in [0.15, 0.2) is 24.0 Å². The Morgan fingerprint density at radius 1 is 0.911 bits per heavy atom. The average molecular weight is 1180 g/mol. The summed E-state index contributed by atoms with van der Waals surface area (Å²) in [6.45, 7) is 19.4. The summed E-state index contributed by atoms with van der Waals surface area (Å²) < 4.78 is 59.2. The van der Waals surface area contributed by atoms with Crippen LogP contribution in [0.1, 0.15) is 128 Å². The lowest BCUT2D eigenvalue weighted by molar-refractivity contribution is -0.318. The molecule has 0 aromatic heterocycles. The van der Waals surface area contributed by atoms with Crippen LogP contribution in [0.3, 0.4) is 0 Å². The largest absolute Gasteiger partial charge is 0.459 e. The fourth-order valence-corrected chi connectivity index (χ4v) is 13.4. The zero-order chi connectivity index (χ0) is 60.2. The summed E-state index contributed by atoms with van der Waals surface area (Å²) in [6.07, 6.45) is -12.0. The number of aliphatic hydroxyl groups excluding tert-OH is 6. The number of ketones is 1. The van der Waals surface area contributed by atoms with Crippen LogP contribution < -0.4 is 5.32 Å².